The van der Waals surface area contributed by atoms with Crippen LogP contribution in [0.5, 0.6) is 0 Å². The van der Waals surface area contributed by atoms with Gasteiger partial charge in [0.15, 0.2) is 0 Å². The molecule has 1 saturated heterocycles. The monoisotopic (exact) mass is 303 g/mol. The number of nitrogens with zero attached hydrogens (tertiary/aromatic N) is 1. The third-order valence-corrected chi connectivity index (χ3v) is 5.98. The van der Waals surface area contributed by atoms with Gasteiger partial charge in [-0.3, -0.25) is 4.90 Å². The van der Waals surface area contributed by atoms with Crippen LogP contribution in [0.3, 0.4) is 0 Å². The zero-order valence-electron chi connectivity index (χ0n) is 12.0. The van der Waals surface area contributed by atoms with E-state index in [1.54, 1.807) is 0 Å². The Morgan fingerprint density at radius 2 is 1.82 bits per heavy atom. The van der Waals surface area contributed by atoms with Crippen LogP contribution in [-0.2, 0) is 0 Å². The SMILES string of the molecule is CCC1CCCCCN1CC(CC)(CC)CBr. The van der Waals surface area contributed by atoms with Crippen molar-refractivity contribution in [1.82, 2.24) is 4.90 Å². The summed E-state index contributed by atoms with van der Waals surface area (Å²) in [6.07, 6.45) is 9.61. The molecule has 0 aromatic heterocycles. The molecule has 1 heterocycles. The second kappa shape index (κ2) is 7.78. The third-order valence-electron chi connectivity index (χ3n) is 4.79. The second-order valence-electron chi connectivity index (χ2n) is 5.72. The van der Waals surface area contributed by atoms with Crippen LogP contribution >= 0.6 is 15.9 Å². The van der Waals surface area contributed by atoms with Crippen LogP contribution in [0.25, 0.3) is 0 Å². The van der Waals surface area contributed by atoms with Crippen molar-refractivity contribution in [2.75, 3.05) is 18.4 Å². The predicted molar refractivity (Wildman–Crippen MR) is 80.9 cm³/mol. The molecule has 1 fully saturated rings. The Balaban J connectivity index is 2.67. The highest BCUT2D eigenvalue weighted by Crippen LogP contribution is 2.32. The standard InChI is InChI=1S/C15H30BrN/c1-4-14-10-8-7-9-11-17(14)13-15(5-2,6-3)12-16/h14H,4-13H2,1-3H3. The Morgan fingerprint density at radius 1 is 1.12 bits per heavy atom. The summed E-state index contributed by atoms with van der Waals surface area (Å²) in [5.74, 6) is 0. The highest BCUT2D eigenvalue weighted by Gasteiger charge is 2.30. The van der Waals surface area contributed by atoms with E-state index < -0.39 is 0 Å². The minimum Gasteiger partial charge on any atom is -0.300 e. The van der Waals surface area contributed by atoms with Gasteiger partial charge in [0.25, 0.3) is 0 Å². The lowest BCUT2D eigenvalue weighted by molar-refractivity contribution is 0.115. The molecule has 1 unspecified atom stereocenters. The maximum Gasteiger partial charge on any atom is 0.01000 e. The first-order chi connectivity index (χ1) is 8.21. The van der Waals surface area contributed by atoms with Crippen molar-refractivity contribution < 1.29 is 0 Å². The van der Waals surface area contributed by atoms with Gasteiger partial charge in [0.05, 0.1) is 0 Å². The number of hydrogen-bond donors (Lipinski definition) is 0. The number of rotatable bonds is 6. The Bertz CT molecular complexity index is 193. The molecule has 1 aliphatic heterocycles. The summed E-state index contributed by atoms with van der Waals surface area (Å²) < 4.78 is 0. The van der Waals surface area contributed by atoms with Crippen LogP contribution in [0.2, 0.25) is 0 Å². The van der Waals surface area contributed by atoms with Gasteiger partial charge >= 0.3 is 0 Å². The minimum atomic E-state index is 0.498. The number of hydrogen-bond acceptors (Lipinski definition) is 1. The van der Waals surface area contributed by atoms with Gasteiger partial charge in [0, 0.05) is 17.9 Å². The summed E-state index contributed by atoms with van der Waals surface area (Å²) in [4.78, 5) is 2.79. The number of alkyl halides is 1. The third kappa shape index (κ3) is 4.24. The molecule has 0 aromatic rings. The summed E-state index contributed by atoms with van der Waals surface area (Å²) in [5.41, 5.74) is 0.498. The largest absolute Gasteiger partial charge is 0.300 e. The molecule has 0 radical (unpaired) electrons. The number of likely N-dealkylation sites (tertiary alicyclic amines) is 1. The van der Waals surface area contributed by atoms with Gasteiger partial charge < -0.3 is 0 Å². The van der Waals surface area contributed by atoms with E-state index in [0.717, 1.165) is 11.4 Å². The molecule has 1 aliphatic rings. The Labute approximate surface area is 116 Å². The fraction of sp³-hybridized carbons (Fsp3) is 1.00. The highest BCUT2D eigenvalue weighted by atomic mass is 79.9. The fourth-order valence-corrected chi connectivity index (χ4v) is 4.01. The predicted octanol–water partition coefficient (Wildman–Crippen LogP) is 4.84. The van der Waals surface area contributed by atoms with Crippen molar-refractivity contribution in [3.8, 4) is 0 Å². The Kier molecular flexibility index (Phi) is 7.10. The van der Waals surface area contributed by atoms with Gasteiger partial charge in [-0.1, -0.05) is 49.5 Å². The maximum absolute atomic E-state index is 3.75. The average Bonchev–Trinajstić information content (AvgIpc) is 2.61. The van der Waals surface area contributed by atoms with Gasteiger partial charge in [-0.05, 0) is 44.1 Å². The summed E-state index contributed by atoms with van der Waals surface area (Å²) in [6.45, 7) is 9.68. The summed E-state index contributed by atoms with van der Waals surface area (Å²) in [5, 5.41) is 1.15. The molecule has 0 spiro atoms. The van der Waals surface area contributed by atoms with E-state index in [-0.39, 0.29) is 0 Å². The molecule has 0 aliphatic carbocycles. The molecular weight excluding hydrogens is 274 g/mol. The molecule has 17 heavy (non-hydrogen) atoms. The van der Waals surface area contributed by atoms with Crippen LogP contribution in [0.15, 0.2) is 0 Å². The van der Waals surface area contributed by atoms with E-state index in [4.69, 9.17) is 0 Å². The van der Waals surface area contributed by atoms with Gasteiger partial charge in [0.2, 0.25) is 0 Å². The van der Waals surface area contributed by atoms with E-state index in [2.05, 4.69) is 41.6 Å². The van der Waals surface area contributed by atoms with Gasteiger partial charge in [0.1, 0.15) is 0 Å². The molecule has 1 atom stereocenters. The fourth-order valence-electron chi connectivity index (χ4n) is 3.04. The van der Waals surface area contributed by atoms with Gasteiger partial charge in [-0.15, -0.1) is 0 Å². The van der Waals surface area contributed by atoms with Crippen LogP contribution in [-0.4, -0.2) is 29.4 Å². The van der Waals surface area contributed by atoms with Crippen molar-refractivity contribution in [1.29, 1.82) is 0 Å². The lowest BCUT2D eigenvalue weighted by Gasteiger charge is -2.39. The second-order valence-corrected chi connectivity index (χ2v) is 6.28. The molecule has 0 bridgehead atoms. The topological polar surface area (TPSA) is 3.24 Å². The van der Waals surface area contributed by atoms with Gasteiger partial charge in [-0.2, -0.15) is 0 Å². The minimum absolute atomic E-state index is 0.498. The first-order valence-corrected chi connectivity index (χ1v) is 8.63. The summed E-state index contributed by atoms with van der Waals surface area (Å²) >= 11 is 3.75. The normalized spacial score (nSPS) is 23.6. The lowest BCUT2D eigenvalue weighted by atomic mass is 9.83. The van der Waals surface area contributed by atoms with Crippen LogP contribution < -0.4 is 0 Å². The summed E-state index contributed by atoms with van der Waals surface area (Å²) in [6, 6.07) is 0.842. The average molecular weight is 304 g/mol. The molecule has 102 valence electrons. The van der Waals surface area contributed by atoms with E-state index in [1.807, 2.05) is 0 Å². The van der Waals surface area contributed by atoms with Crippen molar-refractivity contribution in [2.45, 2.75) is 71.8 Å². The number of halogens is 1. The maximum atomic E-state index is 3.75. The molecule has 0 N–H and O–H groups in total. The Morgan fingerprint density at radius 3 is 2.35 bits per heavy atom. The first-order valence-electron chi connectivity index (χ1n) is 7.51. The van der Waals surface area contributed by atoms with Crippen molar-refractivity contribution >= 4 is 15.9 Å². The lowest BCUT2D eigenvalue weighted by Crippen LogP contribution is -2.43. The molecule has 2 heteroatoms. The smallest absolute Gasteiger partial charge is 0.01000 e. The van der Waals surface area contributed by atoms with Crippen molar-refractivity contribution in [3.63, 3.8) is 0 Å². The molecule has 1 nitrogen and oxygen atoms in total. The zero-order chi connectivity index (χ0) is 12.7. The van der Waals surface area contributed by atoms with Crippen LogP contribution in [0.4, 0.5) is 0 Å². The molecule has 0 saturated carbocycles. The Hall–Kier alpha value is 0.440. The van der Waals surface area contributed by atoms with Crippen molar-refractivity contribution in [3.05, 3.63) is 0 Å². The highest BCUT2D eigenvalue weighted by molar-refractivity contribution is 9.09. The molecule has 1 rings (SSSR count). The van der Waals surface area contributed by atoms with E-state index >= 15 is 0 Å². The van der Waals surface area contributed by atoms with Gasteiger partial charge in [-0.25, -0.2) is 0 Å². The van der Waals surface area contributed by atoms with E-state index in [1.165, 1.54) is 58.0 Å². The van der Waals surface area contributed by atoms with E-state index in [0.29, 0.717) is 5.41 Å². The zero-order valence-corrected chi connectivity index (χ0v) is 13.6. The molecule has 0 aromatic carbocycles. The van der Waals surface area contributed by atoms with E-state index in [9.17, 15) is 0 Å². The van der Waals surface area contributed by atoms with Crippen LogP contribution in [0, 0.1) is 5.41 Å². The quantitative estimate of drug-likeness (QED) is 0.635. The van der Waals surface area contributed by atoms with Crippen LogP contribution in [0.1, 0.15) is 65.7 Å². The van der Waals surface area contributed by atoms with Crippen molar-refractivity contribution in [2.24, 2.45) is 5.41 Å². The molecule has 0 amide bonds. The summed E-state index contributed by atoms with van der Waals surface area (Å²) in [7, 11) is 0. The first kappa shape index (κ1) is 15.5. The molecular formula is C15H30BrN.